The van der Waals surface area contributed by atoms with Crippen molar-refractivity contribution in [3.63, 3.8) is 0 Å². The first-order valence-electron chi connectivity index (χ1n) is 4.25. The van der Waals surface area contributed by atoms with Crippen molar-refractivity contribution in [1.29, 1.82) is 0 Å². The zero-order valence-corrected chi connectivity index (χ0v) is 7.92. The van der Waals surface area contributed by atoms with Crippen molar-refractivity contribution in [3.05, 3.63) is 11.8 Å². The molecule has 1 unspecified atom stereocenters. The number of hydrazine groups is 1. The van der Waals surface area contributed by atoms with Gasteiger partial charge in [-0.05, 0) is 12.3 Å². The van der Waals surface area contributed by atoms with Crippen LogP contribution in [0.15, 0.2) is 11.8 Å². The van der Waals surface area contributed by atoms with Crippen molar-refractivity contribution in [2.75, 3.05) is 14.1 Å². The van der Waals surface area contributed by atoms with Gasteiger partial charge in [-0.1, -0.05) is 6.92 Å². The predicted molar refractivity (Wildman–Crippen MR) is 48.3 cm³/mol. The Labute approximate surface area is 73.4 Å². The number of ketones is 1. The summed E-state index contributed by atoms with van der Waals surface area (Å²) in [5, 5.41) is 1.86. The largest absolute Gasteiger partial charge is 0.323 e. The molecule has 0 amide bonds. The smallest absolute Gasteiger partial charge is 0.157 e. The third-order valence-electron chi connectivity index (χ3n) is 1.82. The lowest BCUT2D eigenvalue weighted by Crippen LogP contribution is -2.32. The summed E-state index contributed by atoms with van der Waals surface area (Å²) in [5.41, 5.74) is 4.15. The normalized spacial score (nSPS) is 24.2. The molecule has 0 aromatic carbocycles. The third-order valence-corrected chi connectivity index (χ3v) is 1.82. The number of nitrogens with one attached hydrogen (secondary N) is 1. The molecule has 0 saturated carbocycles. The molecule has 0 saturated heterocycles. The van der Waals surface area contributed by atoms with E-state index in [0.29, 0.717) is 12.3 Å². The molecule has 0 aliphatic heterocycles. The molecule has 0 spiro atoms. The van der Waals surface area contributed by atoms with Gasteiger partial charge in [0.15, 0.2) is 5.78 Å². The Hall–Kier alpha value is -0.830. The highest BCUT2D eigenvalue weighted by Gasteiger charge is 2.16. The fourth-order valence-electron chi connectivity index (χ4n) is 1.47. The Kier molecular flexibility index (Phi) is 2.87. The van der Waals surface area contributed by atoms with E-state index in [1.54, 1.807) is 6.08 Å². The molecule has 3 heteroatoms. The Morgan fingerprint density at radius 2 is 2.17 bits per heavy atom. The van der Waals surface area contributed by atoms with E-state index in [-0.39, 0.29) is 5.78 Å². The maximum atomic E-state index is 11.1. The number of nitrogens with zero attached hydrogens (tertiary/aromatic N) is 1. The van der Waals surface area contributed by atoms with Gasteiger partial charge in [0, 0.05) is 32.3 Å². The van der Waals surface area contributed by atoms with Gasteiger partial charge in [0.05, 0.1) is 0 Å². The second-order valence-corrected chi connectivity index (χ2v) is 3.66. The fourth-order valence-corrected chi connectivity index (χ4v) is 1.47. The summed E-state index contributed by atoms with van der Waals surface area (Å²) >= 11 is 0. The summed E-state index contributed by atoms with van der Waals surface area (Å²) in [5.74, 6) is 0.711. The maximum absolute atomic E-state index is 11.1. The lowest BCUT2D eigenvalue weighted by atomic mass is 9.93. The zero-order chi connectivity index (χ0) is 9.14. The van der Waals surface area contributed by atoms with E-state index in [1.807, 2.05) is 19.1 Å². The van der Waals surface area contributed by atoms with Crippen LogP contribution < -0.4 is 5.43 Å². The van der Waals surface area contributed by atoms with Gasteiger partial charge >= 0.3 is 0 Å². The summed E-state index contributed by atoms with van der Waals surface area (Å²) < 4.78 is 0. The summed E-state index contributed by atoms with van der Waals surface area (Å²) in [7, 11) is 3.84. The Balaban J connectivity index is 2.58. The van der Waals surface area contributed by atoms with Crippen molar-refractivity contribution in [2.24, 2.45) is 5.92 Å². The average molecular weight is 168 g/mol. The number of rotatable bonds is 2. The summed E-state index contributed by atoms with van der Waals surface area (Å²) in [6, 6.07) is 0. The molecule has 0 heterocycles. The number of carbonyl (C=O) groups excluding carboxylic acids is 1. The predicted octanol–water partition coefficient (Wildman–Crippen LogP) is 0.935. The molecule has 0 radical (unpaired) electrons. The molecule has 0 bridgehead atoms. The summed E-state index contributed by atoms with van der Waals surface area (Å²) in [6.45, 7) is 2.10. The molecule has 0 fully saturated rings. The molecular formula is C9H16N2O. The molecule has 1 aliphatic rings. The Morgan fingerprint density at radius 3 is 2.67 bits per heavy atom. The van der Waals surface area contributed by atoms with Crippen LogP contribution in [0, 0.1) is 5.92 Å². The molecule has 12 heavy (non-hydrogen) atoms. The van der Waals surface area contributed by atoms with E-state index >= 15 is 0 Å². The highest BCUT2D eigenvalue weighted by molar-refractivity contribution is 5.91. The van der Waals surface area contributed by atoms with E-state index in [4.69, 9.17) is 0 Å². The second-order valence-electron chi connectivity index (χ2n) is 3.66. The molecule has 1 rings (SSSR count). The van der Waals surface area contributed by atoms with Crippen molar-refractivity contribution in [2.45, 2.75) is 19.8 Å². The van der Waals surface area contributed by atoms with Crippen LogP contribution in [0.3, 0.4) is 0 Å². The molecule has 68 valence electrons. The standard InChI is InChI=1S/C9H16N2O/c1-7-4-8(10-11(2)3)6-9(12)5-7/h6-7,10H,4-5H2,1-3H3. The van der Waals surface area contributed by atoms with E-state index in [0.717, 1.165) is 12.1 Å². The van der Waals surface area contributed by atoms with Crippen LogP contribution in [0.4, 0.5) is 0 Å². The van der Waals surface area contributed by atoms with Crippen LogP contribution in [0.1, 0.15) is 19.8 Å². The highest BCUT2D eigenvalue weighted by atomic mass is 16.1. The number of hydrogen-bond acceptors (Lipinski definition) is 3. The lowest BCUT2D eigenvalue weighted by Gasteiger charge is -2.22. The topological polar surface area (TPSA) is 32.3 Å². The van der Waals surface area contributed by atoms with Gasteiger partial charge in [-0.15, -0.1) is 0 Å². The van der Waals surface area contributed by atoms with Crippen molar-refractivity contribution >= 4 is 5.78 Å². The minimum Gasteiger partial charge on any atom is -0.323 e. The van der Waals surface area contributed by atoms with Crippen molar-refractivity contribution < 1.29 is 4.79 Å². The van der Waals surface area contributed by atoms with Gasteiger partial charge in [-0.25, -0.2) is 5.01 Å². The first-order chi connectivity index (χ1) is 5.58. The van der Waals surface area contributed by atoms with Crippen LogP contribution in [0.25, 0.3) is 0 Å². The van der Waals surface area contributed by atoms with Gasteiger partial charge in [-0.3, -0.25) is 4.79 Å². The van der Waals surface area contributed by atoms with Crippen LogP contribution in [-0.2, 0) is 4.79 Å². The molecule has 0 aromatic rings. The van der Waals surface area contributed by atoms with Crippen LogP contribution >= 0.6 is 0 Å². The molecule has 1 N–H and O–H groups in total. The van der Waals surface area contributed by atoms with Crippen LogP contribution in [-0.4, -0.2) is 24.9 Å². The van der Waals surface area contributed by atoms with Crippen LogP contribution in [0.2, 0.25) is 0 Å². The maximum Gasteiger partial charge on any atom is 0.157 e. The Morgan fingerprint density at radius 1 is 1.50 bits per heavy atom. The number of allylic oxidation sites excluding steroid dienone is 2. The molecule has 0 aromatic heterocycles. The van der Waals surface area contributed by atoms with Gasteiger partial charge in [0.2, 0.25) is 0 Å². The van der Waals surface area contributed by atoms with Gasteiger partial charge in [0.25, 0.3) is 0 Å². The first kappa shape index (κ1) is 9.26. The molecule has 3 nitrogen and oxygen atoms in total. The van der Waals surface area contributed by atoms with E-state index < -0.39 is 0 Å². The zero-order valence-electron chi connectivity index (χ0n) is 7.92. The lowest BCUT2D eigenvalue weighted by molar-refractivity contribution is -0.115. The molecule has 1 atom stereocenters. The Bertz CT molecular complexity index is 209. The second kappa shape index (κ2) is 3.72. The van der Waals surface area contributed by atoms with Gasteiger partial charge in [-0.2, -0.15) is 0 Å². The molecule has 1 aliphatic carbocycles. The van der Waals surface area contributed by atoms with Crippen molar-refractivity contribution in [3.8, 4) is 0 Å². The number of carbonyl (C=O) groups is 1. The van der Waals surface area contributed by atoms with Crippen LogP contribution in [0.5, 0.6) is 0 Å². The van der Waals surface area contributed by atoms with E-state index in [2.05, 4.69) is 12.3 Å². The minimum atomic E-state index is 0.234. The van der Waals surface area contributed by atoms with Crippen molar-refractivity contribution in [1.82, 2.24) is 10.4 Å². The van der Waals surface area contributed by atoms with E-state index in [1.165, 1.54) is 0 Å². The minimum absolute atomic E-state index is 0.234. The third kappa shape index (κ3) is 2.66. The van der Waals surface area contributed by atoms with E-state index in [9.17, 15) is 4.79 Å². The number of hydrogen-bond donors (Lipinski definition) is 1. The first-order valence-corrected chi connectivity index (χ1v) is 4.25. The fraction of sp³-hybridized carbons (Fsp3) is 0.667. The highest BCUT2D eigenvalue weighted by Crippen LogP contribution is 2.19. The monoisotopic (exact) mass is 168 g/mol. The summed E-state index contributed by atoms with van der Waals surface area (Å²) in [4.78, 5) is 11.1. The quantitative estimate of drug-likeness (QED) is 0.623. The van der Waals surface area contributed by atoms with Gasteiger partial charge < -0.3 is 5.43 Å². The summed E-state index contributed by atoms with van der Waals surface area (Å²) in [6.07, 6.45) is 3.38. The SMILES string of the molecule is CC1CC(=O)C=C(NN(C)C)C1. The van der Waals surface area contributed by atoms with Gasteiger partial charge in [0.1, 0.15) is 0 Å². The molecular weight excluding hydrogens is 152 g/mol. The average Bonchev–Trinajstić information content (AvgIpc) is 1.81.